The summed E-state index contributed by atoms with van der Waals surface area (Å²) < 4.78 is 28.4. The highest BCUT2D eigenvalue weighted by Gasteiger charge is 2.48. The Kier molecular flexibility index (Phi) is 8.73. The van der Waals surface area contributed by atoms with Crippen LogP contribution < -0.4 is 0 Å². The summed E-state index contributed by atoms with van der Waals surface area (Å²) in [4.78, 5) is 24.1. The van der Waals surface area contributed by atoms with E-state index in [2.05, 4.69) is 0 Å². The van der Waals surface area contributed by atoms with Crippen LogP contribution in [0.4, 0.5) is 0 Å². The smallest absolute Gasteiger partial charge is 0.308 e. The first kappa shape index (κ1) is 23.1. The van der Waals surface area contributed by atoms with Crippen LogP contribution in [0.1, 0.15) is 17.5 Å². The number of rotatable bonds is 10. The molecule has 3 rings (SSSR count). The van der Waals surface area contributed by atoms with Crippen LogP contribution in [-0.4, -0.2) is 51.1 Å². The van der Waals surface area contributed by atoms with Crippen molar-refractivity contribution >= 4 is 12.3 Å². The lowest BCUT2D eigenvalue weighted by Gasteiger charge is -2.43. The van der Waals surface area contributed by atoms with Gasteiger partial charge in [0.2, 0.25) is 0 Å². The van der Waals surface area contributed by atoms with Gasteiger partial charge in [0, 0.05) is 7.11 Å². The third kappa shape index (κ3) is 6.21. The minimum absolute atomic E-state index is 0.0639. The van der Waals surface area contributed by atoms with E-state index in [4.69, 9.17) is 23.7 Å². The Morgan fingerprint density at radius 2 is 1.45 bits per heavy atom. The second kappa shape index (κ2) is 11.7. The fourth-order valence-electron chi connectivity index (χ4n) is 3.64. The number of ether oxygens (including phenoxy) is 5. The summed E-state index contributed by atoms with van der Waals surface area (Å²) in [5.74, 6) is -1.15. The SMILES string of the molecule is COC(=O)C[C@H]1O[C@H](OC)[C@@H](OCc2ccccc2)[C@@H](C=O)[C@@H]1OCc1ccccc1. The van der Waals surface area contributed by atoms with Gasteiger partial charge in [0.15, 0.2) is 6.29 Å². The molecule has 0 N–H and O–H groups in total. The number of methoxy groups -OCH3 is 2. The van der Waals surface area contributed by atoms with E-state index in [1.165, 1.54) is 14.2 Å². The Morgan fingerprint density at radius 3 is 1.94 bits per heavy atom. The van der Waals surface area contributed by atoms with Gasteiger partial charge in [0.1, 0.15) is 12.4 Å². The second-order valence-corrected chi connectivity index (χ2v) is 7.29. The van der Waals surface area contributed by atoms with Crippen LogP contribution >= 0.6 is 0 Å². The number of benzene rings is 2. The first-order chi connectivity index (χ1) is 15.2. The molecule has 2 aromatic rings. The van der Waals surface area contributed by atoms with Gasteiger partial charge >= 0.3 is 5.97 Å². The average Bonchev–Trinajstić information content (AvgIpc) is 2.82. The molecule has 0 amide bonds. The molecule has 31 heavy (non-hydrogen) atoms. The van der Waals surface area contributed by atoms with Crippen LogP contribution in [0.15, 0.2) is 60.7 Å². The van der Waals surface area contributed by atoms with E-state index in [1.54, 1.807) is 0 Å². The van der Waals surface area contributed by atoms with E-state index in [-0.39, 0.29) is 19.6 Å². The van der Waals surface area contributed by atoms with E-state index in [0.29, 0.717) is 0 Å². The van der Waals surface area contributed by atoms with Gasteiger partial charge in [-0.15, -0.1) is 0 Å². The molecular formula is C24H28O7. The van der Waals surface area contributed by atoms with Gasteiger partial charge in [-0.2, -0.15) is 0 Å². The minimum atomic E-state index is -0.829. The van der Waals surface area contributed by atoms with Gasteiger partial charge < -0.3 is 28.5 Å². The molecule has 1 fully saturated rings. The summed E-state index contributed by atoms with van der Waals surface area (Å²) in [6.45, 7) is 0.548. The van der Waals surface area contributed by atoms with Crippen molar-refractivity contribution in [2.24, 2.45) is 5.92 Å². The summed E-state index contributed by atoms with van der Waals surface area (Å²) in [5, 5.41) is 0. The van der Waals surface area contributed by atoms with Crippen molar-refractivity contribution in [2.45, 2.75) is 44.2 Å². The Balaban J connectivity index is 1.79. The Morgan fingerprint density at radius 1 is 0.903 bits per heavy atom. The third-order valence-corrected chi connectivity index (χ3v) is 5.26. The Labute approximate surface area is 182 Å². The average molecular weight is 428 g/mol. The zero-order valence-corrected chi connectivity index (χ0v) is 17.7. The molecule has 1 aliphatic rings. The Hall–Kier alpha value is -2.58. The van der Waals surface area contributed by atoms with Crippen molar-refractivity contribution in [1.82, 2.24) is 0 Å². The molecule has 0 saturated carbocycles. The van der Waals surface area contributed by atoms with Crippen molar-refractivity contribution in [2.75, 3.05) is 14.2 Å². The van der Waals surface area contributed by atoms with Crippen LogP contribution in [0.3, 0.4) is 0 Å². The zero-order chi connectivity index (χ0) is 22.1. The predicted molar refractivity (Wildman–Crippen MR) is 112 cm³/mol. The summed E-state index contributed by atoms with van der Waals surface area (Å²) in [6.07, 6.45) is -2.21. The second-order valence-electron chi connectivity index (χ2n) is 7.29. The molecule has 1 saturated heterocycles. The molecule has 0 aliphatic carbocycles. The van der Waals surface area contributed by atoms with E-state index in [9.17, 15) is 9.59 Å². The highest BCUT2D eigenvalue weighted by atomic mass is 16.7. The highest BCUT2D eigenvalue weighted by molar-refractivity contribution is 5.70. The predicted octanol–water partition coefficient (Wildman–Crippen LogP) is 2.91. The molecule has 0 unspecified atom stereocenters. The summed E-state index contributed by atoms with van der Waals surface area (Å²) in [6, 6.07) is 19.2. The normalized spacial score (nSPS) is 25.7. The first-order valence-electron chi connectivity index (χ1n) is 10.2. The van der Waals surface area contributed by atoms with Crippen molar-refractivity contribution in [3.8, 4) is 0 Å². The molecule has 0 radical (unpaired) electrons. The molecule has 0 bridgehead atoms. The topological polar surface area (TPSA) is 80.3 Å². The summed E-state index contributed by atoms with van der Waals surface area (Å²) in [7, 11) is 2.79. The van der Waals surface area contributed by atoms with E-state index < -0.39 is 36.5 Å². The van der Waals surface area contributed by atoms with Crippen molar-refractivity contribution < 1.29 is 33.3 Å². The molecule has 0 aromatic heterocycles. The number of hydrogen-bond donors (Lipinski definition) is 0. The van der Waals surface area contributed by atoms with Gasteiger partial charge in [-0.1, -0.05) is 60.7 Å². The number of hydrogen-bond acceptors (Lipinski definition) is 7. The molecule has 5 atom stereocenters. The van der Waals surface area contributed by atoms with Crippen molar-refractivity contribution in [3.05, 3.63) is 71.8 Å². The molecule has 7 nitrogen and oxygen atoms in total. The third-order valence-electron chi connectivity index (χ3n) is 5.26. The van der Waals surface area contributed by atoms with Crippen LogP contribution in [-0.2, 0) is 46.5 Å². The summed E-state index contributed by atoms with van der Waals surface area (Å²) in [5.41, 5.74) is 1.90. The lowest BCUT2D eigenvalue weighted by Crippen LogP contribution is -2.57. The van der Waals surface area contributed by atoms with Gasteiger partial charge in [-0.05, 0) is 11.1 Å². The number of esters is 1. The van der Waals surface area contributed by atoms with Crippen molar-refractivity contribution in [1.29, 1.82) is 0 Å². The van der Waals surface area contributed by atoms with Gasteiger partial charge in [0.25, 0.3) is 0 Å². The van der Waals surface area contributed by atoms with Crippen LogP contribution in [0.2, 0.25) is 0 Å². The van der Waals surface area contributed by atoms with Gasteiger partial charge in [-0.3, -0.25) is 4.79 Å². The van der Waals surface area contributed by atoms with E-state index in [1.807, 2.05) is 60.7 Å². The van der Waals surface area contributed by atoms with Crippen LogP contribution in [0.25, 0.3) is 0 Å². The maximum absolute atomic E-state index is 12.2. The van der Waals surface area contributed by atoms with Crippen LogP contribution in [0, 0.1) is 5.92 Å². The monoisotopic (exact) mass is 428 g/mol. The summed E-state index contributed by atoms with van der Waals surface area (Å²) >= 11 is 0. The minimum Gasteiger partial charge on any atom is -0.469 e. The molecule has 166 valence electrons. The quantitative estimate of drug-likeness (QED) is 0.425. The van der Waals surface area contributed by atoms with Gasteiger partial charge in [0.05, 0.1) is 44.9 Å². The van der Waals surface area contributed by atoms with Gasteiger partial charge in [-0.25, -0.2) is 0 Å². The largest absolute Gasteiger partial charge is 0.469 e. The van der Waals surface area contributed by atoms with Crippen LogP contribution in [0.5, 0.6) is 0 Å². The first-order valence-corrected chi connectivity index (χ1v) is 10.2. The fourth-order valence-corrected chi connectivity index (χ4v) is 3.64. The maximum atomic E-state index is 12.2. The molecule has 0 spiro atoms. The van der Waals surface area contributed by atoms with E-state index in [0.717, 1.165) is 17.4 Å². The molecule has 1 heterocycles. The standard InChI is InChI=1S/C24H28O7/c1-27-21(26)13-20-22(29-15-17-9-5-3-6-10-17)19(14-25)23(24(28-2)31-20)30-16-18-11-7-4-8-12-18/h3-12,14,19-20,22-24H,13,15-16H2,1-2H3/t19-,20+,22-,23-,24-/m0/s1. The Bertz CT molecular complexity index is 811. The zero-order valence-electron chi connectivity index (χ0n) is 17.7. The lowest BCUT2D eigenvalue weighted by molar-refractivity contribution is -0.291. The maximum Gasteiger partial charge on any atom is 0.308 e. The molecule has 2 aromatic carbocycles. The number of carbonyl (C=O) groups excluding carboxylic acids is 2. The van der Waals surface area contributed by atoms with E-state index >= 15 is 0 Å². The molecule has 7 heteroatoms. The molecular weight excluding hydrogens is 400 g/mol. The molecule has 1 aliphatic heterocycles. The van der Waals surface area contributed by atoms with Crippen molar-refractivity contribution in [3.63, 3.8) is 0 Å². The lowest BCUT2D eigenvalue weighted by atomic mass is 9.88. The number of aldehydes is 1. The highest BCUT2D eigenvalue weighted by Crippen LogP contribution is 2.33. The number of carbonyl (C=O) groups is 2. The fraction of sp³-hybridized carbons (Fsp3) is 0.417.